The summed E-state index contributed by atoms with van der Waals surface area (Å²) in [7, 11) is 0. The van der Waals surface area contributed by atoms with Crippen LogP contribution < -0.4 is 4.74 Å². The average molecular weight is 622 g/mol. The van der Waals surface area contributed by atoms with Gasteiger partial charge in [-0.25, -0.2) is 4.79 Å². The van der Waals surface area contributed by atoms with Crippen LogP contribution in [0, 0.1) is 17.6 Å². The number of rotatable bonds is 3. The fourth-order valence-corrected chi connectivity index (χ4v) is 4.28. The van der Waals surface area contributed by atoms with Gasteiger partial charge < -0.3 is 14.9 Å². The molecule has 0 amide bonds. The molecule has 0 bridgehead atoms. The number of aromatic carboxylic acids is 1. The summed E-state index contributed by atoms with van der Waals surface area (Å²) in [6.45, 7) is 1.81. The molecule has 0 spiro atoms. The summed E-state index contributed by atoms with van der Waals surface area (Å²) in [5.74, 6) is 0.496. The van der Waals surface area contributed by atoms with E-state index in [2.05, 4.69) is 22.6 Å². The van der Waals surface area contributed by atoms with E-state index < -0.39 is 5.97 Å². The normalized spacial score (nSPS) is 10.5. The number of ether oxygens (including phenoxy) is 1. The number of phenols is 1. The molecule has 0 aliphatic heterocycles. The van der Waals surface area contributed by atoms with Gasteiger partial charge in [0, 0.05) is 0 Å². The van der Waals surface area contributed by atoms with Gasteiger partial charge in [0.2, 0.25) is 0 Å². The zero-order valence-electron chi connectivity index (χ0n) is 10.7. The Morgan fingerprint density at radius 3 is 2.10 bits per heavy atom. The van der Waals surface area contributed by atoms with Crippen LogP contribution in [-0.2, 0) is 0 Å². The minimum atomic E-state index is -0.962. The van der Waals surface area contributed by atoms with Gasteiger partial charge in [-0.05, 0) is 105 Å². The third-order valence-corrected chi connectivity index (χ3v) is 5.13. The number of hydrogen-bond acceptors (Lipinski definition) is 3. The van der Waals surface area contributed by atoms with Gasteiger partial charge in [-0.15, -0.1) is 0 Å². The molecule has 2 aromatic carbocycles. The number of aromatic hydroxyl groups is 1. The lowest BCUT2D eigenvalue weighted by molar-refractivity contribution is 0.0696. The van der Waals surface area contributed by atoms with Crippen molar-refractivity contribution in [2.45, 2.75) is 6.92 Å². The summed E-state index contributed by atoms with van der Waals surface area (Å²) in [5, 5.41) is 18.8. The minimum absolute atomic E-state index is 0.233. The first kappa shape index (κ1) is 17.1. The minimum Gasteiger partial charge on any atom is -0.506 e. The lowest BCUT2D eigenvalue weighted by atomic mass is 10.1. The second kappa shape index (κ2) is 6.86. The fourth-order valence-electron chi connectivity index (χ4n) is 1.70. The Morgan fingerprint density at radius 2 is 1.62 bits per heavy atom. The number of halogens is 3. The fraction of sp³-hybridized carbons (Fsp3) is 0.0714. The van der Waals surface area contributed by atoms with Crippen LogP contribution in [-0.4, -0.2) is 16.2 Å². The van der Waals surface area contributed by atoms with Crippen molar-refractivity contribution >= 4 is 73.7 Å². The molecule has 2 N–H and O–H groups in total. The van der Waals surface area contributed by atoms with Crippen LogP contribution in [0.15, 0.2) is 24.3 Å². The first-order chi connectivity index (χ1) is 9.79. The Hall–Kier alpha value is -0.300. The van der Waals surface area contributed by atoms with Crippen molar-refractivity contribution in [2.24, 2.45) is 0 Å². The van der Waals surface area contributed by atoms with Gasteiger partial charge >= 0.3 is 5.97 Å². The first-order valence-corrected chi connectivity index (χ1v) is 8.92. The molecule has 2 aromatic rings. The zero-order chi connectivity index (χ0) is 15.7. The number of benzene rings is 2. The quantitative estimate of drug-likeness (QED) is 0.474. The molecular weight excluding hydrogens is 613 g/mol. The second-order valence-corrected chi connectivity index (χ2v) is 7.73. The molecule has 0 aromatic heterocycles. The van der Waals surface area contributed by atoms with Crippen molar-refractivity contribution in [1.29, 1.82) is 0 Å². The maximum atomic E-state index is 11.0. The molecular formula is C14H9I3O4. The standard InChI is InChI=1S/C14H9I3O4/c1-6-2-7(14(19)20)3-11(17)13(6)21-8-4-9(15)12(18)10(16)5-8/h2-5,18H,1H3,(H,19,20). The molecule has 0 heterocycles. The maximum absolute atomic E-state index is 11.0. The second-order valence-electron chi connectivity index (χ2n) is 4.25. The number of hydrogen-bond donors (Lipinski definition) is 2. The predicted octanol–water partition coefficient (Wildman–Crippen LogP) is 5.00. The SMILES string of the molecule is Cc1cc(C(=O)O)cc(I)c1Oc1cc(I)c(O)c(I)c1. The number of carboxylic acids is 1. The van der Waals surface area contributed by atoms with E-state index in [0.29, 0.717) is 18.6 Å². The van der Waals surface area contributed by atoms with E-state index >= 15 is 0 Å². The summed E-state index contributed by atoms with van der Waals surface area (Å²) in [6, 6.07) is 6.62. The molecule has 0 saturated heterocycles. The number of phenolic OH excluding ortho intramolecular Hbond substituents is 1. The molecule has 2 rings (SSSR count). The Kier molecular flexibility index (Phi) is 5.57. The summed E-state index contributed by atoms with van der Waals surface area (Å²) < 4.78 is 7.99. The van der Waals surface area contributed by atoms with Crippen LogP contribution in [0.5, 0.6) is 17.2 Å². The Labute approximate surface area is 162 Å². The van der Waals surface area contributed by atoms with Gasteiger partial charge in [0.25, 0.3) is 0 Å². The van der Waals surface area contributed by atoms with Gasteiger partial charge in [-0.1, -0.05) is 0 Å². The highest BCUT2D eigenvalue weighted by Crippen LogP contribution is 2.36. The molecule has 21 heavy (non-hydrogen) atoms. The first-order valence-electron chi connectivity index (χ1n) is 5.69. The van der Waals surface area contributed by atoms with Gasteiger partial charge in [0.05, 0.1) is 16.3 Å². The average Bonchev–Trinajstić information content (AvgIpc) is 2.39. The molecule has 0 fully saturated rings. The topological polar surface area (TPSA) is 66.8 Å². The van der Waals surface area contributed by atoms with Crippen molar-refractivity contribution in [3.05, 3.63) is 46.1 Å². The molecule has 0 unspecified atom stereocenters. The molecule has 0 atom stereocenters. The van der Waals surface area contributed by atoms with Crippen LogP contribution in [0.2, 0.25) is 0 Å². The summed E-state index contributed by atoms with van der Waals surface area (Å²) >= 11 is 6.12. The molecule has 0 aliphatic carbocycles. The molecule has 0 aliphatic rings. The van der Waals surface area contributed by atoms with E-state index in [1.54, 1.807) is 31.2 Å². The van der Waals surface area contributed by atoms with Crippen molar-refractivity contribution in [1.82, 2.24) is 0 Å². The highest BCUT2D eigenvalue weighted by molar-refractivity contribution is 14.1. The van der Waals surface area contributed by atoms with E-state index in [4.69, 9.17) is 9.84 Å². The smallest absolute Gasteiger partial charge is 0.335 e. The van der Waals surface area contributed by atoms with E-state index in [1.165, 1.54) is 0 Å². The van der Waals surface area contributed by atoms with E-state index in [9.17, 15) is 9.90 Å². The molecule has 7 heteroatoms. The number of carboxylic acid groups (broad SMARTS) is 1. The maximum Gasteiger partial charge on any atom is 0.335 e. The Bertz CT molecular complexity index is 682. The largest absolute Gasteiger partial charge is 0.506 e. The van der Waals surface area contributed by atoms with Crippen molar-refractivity contribution in [3.8, 4) is 17.2 Å². The van der Waals surface area contributed by atoms with Crippen molar-refractivity contribution < 1.29 is 19.7 Å². The van der Waals surface area contributed by atoms with Gasteiger partial charge in [-0.3, -0.25) is 0 Å². The van der Waals surface area contributed by atoms with Crippen molar-refractivity contribution in [2.75, 3.05) is 0 Å². The Morgan fingerprint density at radius 1 is 1.05 bits per heavy atom. The van der Waals surface area contributed by atoms with E-state index in [1.807, 2.05) is 45.2 Å². The van der Waals surface area contributed by atoms with Crippen LogP contribution in [0.25, 0.3) is 0 Å². The van der Waals surface area contributed by atoms with Gasteiger partial charge in [0.1, 0.15) is 17.2 Å². The van der Waals surface area contributed by atoms with Crippen LogP contribution in [0.3, 0.4) is 0 Å². The van der Waals surface area contributed by atoms with Crippen LogP contribution in [0.1, 0.15) is 15.9 Å². The monoisotopic (exact) mass is 622 g/mol. The summed E-state index contributed by atoms with van der Waals surface area (Å²) in [6.07, 6.45) is 0. The third-order valence-electron chi connectivity index (χ3n) is 2.69. The van der Waals surface area contributed by atoms with Crippen LogP contribution in [0.4, 0.5) is 0 Å². The lowest BCUT2D eigenvalue weighted by Crippen LogP contribution is -2.00. The molecule has 0 saturated carbocycles. The van der Waals surface area contributed by atoms with E-state index in [0.717, 1.165) is 9.13 Å². The highest BCUT2D eigenvalue weighted by Gasteiger charge is 2.14. The number of carbonyl (C=O) groups is 1. The predicted molar refractivity (Wildman–Crippen MR) is 104 cm³/mol. The van der Waals surface area contributed by atoms with Crippen LogP contribution >= 0.6 is 67.8 Å². The molecule has 4 nitrogen and oxygen atoms in total. The van der Waals surface area contributed by atoms with Gasteiger partial charge in [-0.2, -0.15) is 0 Å². The lowest BCUT2D eigenvalue weighted by Gasteiger charge is -2.13. The third kappa shape index (κ3) is 3.92. The summed E-state index contributed by atoms with van der Waals surface area (Å²) in [4.78, 5) is 11.0. The zero-order valence-corrected chi connectivity index (χ0v) is 17.1. The number of aryl methyl sites for hydroxylation is 1. The van der Waals surface area contributed by atoms with E-state index in [-0.39, 0.29) is 11.3 Å². The Balaban J connectivity index is 2.43. The van der Waals surface area contributed by atoms with Gasteiger partial charge in [0.15, 0.2) is 0 Å². The molecule has 110 valence electrons. The highest BCUT2D eigenvalue weighted by atomic mass is 127. The summed E-state index contributed by atoms with van der Waals surface area (Å²) in [5.41, 5.74) is 0.983. The molecule has 0 radical (unpaired) electrons. The van der Waals surface area contributed by atoms with Crippen molar-refractivity contribution in [3.63, 3.8) is 0 Å².